The van der Waals surface area contributed by atoms with Crippen molar-refractivity contribution in [3.63, 3.8) is 0 Å². The number of benzene rings is 2. The number of hydrogen-bond acceptors (Lipinski definition) is 6. The zero-order valence-electron chi connectivity index (χ0n) is 17.2. The molecule has 3 heterocycles. The summed E-state index contributed by atoms with van der Waals surface area (Å²) in [4.78, 5) is 40.2. The van der Waals surface area contributed by atoms with Gasteiger partial charge in [0.1, 0.15) is 17.7 Å². The topological polar surface area (TPSA) is 128 Å². The molecule has 33 heavy (non-hydrogen) atoms. The molecule has 172 valence electrons. The number of amides is 1. The van der Waals surface area contributed by atoms with E-state index in [1.54, 1.807) is 24.7 Å². The summed E-state index contributed by atoms with van der Waals surface area (Å²) in [6, 6.07) is 10.3. The molecule has 3 N–H and O–H groups in total. The molecule has 1 aromatic heterocycles. The Kier molecular flexibility index (Phi) is 5.41. The van der Waals surface area contributed by atoms with Crippen LogP contribution in [0.1, 0.15) is 11.1 Å². The molecule has 0 unspecified atom stereocenters. The van der Waals surface area contributed by atoms with Crippen LogP contribution in [0.3, 0.4) is 0 Å². The Morgan fingerprint density at radius 1 is 1.21 bits per heavy atom. The minimum Gasteiger partial charge on any atom is -0.441 e. The second-order valence-corrected chi connectivity index (χ2v) is 9.08. The van der Waals surface area contributed by atoms with Crippen molar-refractivity contribution in [1.82, 2.24) is 9.97 Å². The van der Waals surface area contributed by atoms with Crippen molar-refractivity contribution in [1.29, 1.82) is 0 Å². The van der Waals surface area contributed by atoms with Crippen LogP contribution >= 0.6 is 7.82 Å². The fourth-order valence-corrected chi connectivity index (χ4v) is 4.42. The van der Waals surface area contributed by atoms with Crippen LogP contribution in [0.2, 0.25) is 0 Å². The minimum atomic E-state index is -4.68. The number of imidazole rings is 1. The maximum Gasteiger partial charge on any atom is 0.469 e. The second-order valence-electron chi connectivity index (χ2n) is 7.84. The van der Waals surface area contributed by atoms with Gasteiger partial charge in [0.25, 0.3) is 0 Å². The lowest BCUT2D eigenvalue weighted by Crippen LogP contribution is -2.25. The third-order valence-electron chi connectivity index (χ3n) is 5.63. The number of fused-ring (bicyclic) bond motifs is 1. The van der Waals surface area contributed by atoms with Gasteiger partial charge in [-0.3, -0.25) is 9.42 Å². The molecule has 1 saturated heterocycles. The monoisotopic (exact) mass is 474 g/mol. The number of rotatable bonds is 6. The number of H-pyrrole nitrogens is 1. The molecular weight excluding hydrogens is 454 g/mol. The van der Waals surface area contributed by atoms with Gasteiger partial charge in [0.15, 0.2) is 0 Å². The van der Waals surface area contributed by atoms with E-state index in [0.29, 0.717) is 12.1 Å². The van der Waals surface area contributed by atoms with Crippen molar-refractivity contribution in [2.24, 2.45) is 0 Å². The van der Waals surface area contributed by atoms with Crippen LogP contribution in [0, 0.1) is 5.82 Å². The standard InChI is InChI=1S/C21H20FN4O6P/c22-19-6-16(26-10-17(32-21(26)27)11-31-33(28,29)30)3-4-18(19)13-1-2-14-8-25(9-15(14)5-13)20-7-23-12-24-20/h1-7,12,17H,8-11H2,(H,23,24)(H2,28,29,30)/t17-/m1/s1. The molecule has 0 spiro atoms. The van der Waals surface area contributed by atoms with Gasteiger partial charge in [0.2, 0.25) is 0 Å². The molecule has 1 atom stereocenters. The summed E-state index contributed by atoms with van der Waals surface area (Å²) in [7, 11) is -4.68. The van der Waals surface area contributed by atoms with Gasteiger partial charge in [-0.2, -0.15) is 0 Å². The van der Waals surface area contributed by atoms with E-state index in [0.717, 1.165) is 29.1 Å². The molecule has 2 aliphatic heterocycles. The van der Waals surface area contributed by atoms with Gasteiger partial charge < -0.3 is 24.4 Å². The summed E-state index contributed by atoms with van der Waals surface area (Å²) in [6.07, 6.45) is 1.78. The Morgan fingerprint density at radius 2 is 2.03 bits per heavy atom. The van der Waals surface area contributed by atoms with Gasteiger partial charge >= 0.3 is 13.9 Å². The SMILES string of the molecule is O=C1O[C@@H](COP(=O)(O)O)CN1c1ccc(-c2ccc3c(c2)CN(c2cnc[nH]2)C3)c(F)c1. The summed E-state index contributed by atoms with van der Waals surface area (Å²) >= 11 is 0. The minimum absolute atomic E-state index is 0.0140. The molecule has 0 radical (unpaired) electrons. The summed E-state index contributed by atoms with van der Waals surface area (Å²) in [6.45, 7) is 0.948. The number of ether oxygens (including phenoxy) is 1. The highest BCUT2D eigenvalue weighted by Crippen LogP contribution is 2.37. The highest BCUT2D eigenvalue weighted by atomic mass is 31.2. The molecule has 0 aliphatic carbocycles. The molecular formula is C21H20FN4O6P. The van der Waals surface area contributed by atoms with Crippen molar-refractivity contribution in [2.75, 3.05) is 23.0 Å². The summed E-state index contributed by atoms with van der Waals surface area (Å²) in [5.41, 5.74) is 3.67. The Balaban J connectivity index is 1.32. The van der Waals surface area contributed by atoms with Gasteiger partial charge in [0, 0.05) is 18.7 Å². The first-order chi connectivity index (χ1) is 15.8. The summed E-state index contributed by atoms with van der Waals surface area (Å²) in [5, 5.41) is 0. The smallest absolute Gasteiger partial charge is 0.441 e. The Bertz CT molecular complexity index is 1250. The van der Waals surface area contributed by atoms with Crippen LogP contribution in [-0.4, -0.2) is 45.1 Å². The van der Waals surface area contributed by atoms with E-state index < -0.39 is 32.4 Å². The zero-order chi connectivity index (χ0) is 23.2. The lowest BCUT2D eigenvalue weighted by molar-refractivity contribution is 0.0880. The Morgan fingerprint density at radius 3 is 2.76 bits per heavy atom. The molecule has 1 fully saturated rings. The fraction of sp³-hybridized carbons (Fsp3) is 0.238. The molecule has 5 rings (SSSR count). The number of hydrogen-bond donors (Lipinski definition) is 3. The van der Waals surface area contributed by atoms with Crippen LogP contribution in [0.5, 0.6) is 0 Å². The Labute approximate surface area is 187 Å². The normalized spacial score (nSPS) is 18.0. The first-order valence-electron chi connectivity index (χ1n) is 10.1. The number of anilines is 2. The van der Waals surface area contributed by atoms with Crippen LogP contribution in [0.4, 0.5) is 20.7 Å². The maximum atomic E-state index is 15.0. The molecule has 12 heteroatoms. The van der Waals surface area contributed by atoms with E-state index in [4.69, 9.17) is 14.5 Å². The molecule has 0 saturated carbocycles. The molecule has 3 aromatic rings. The van der Waals surface area contributed by atoms with Crippen molar-refractivity contribution in [3.05, 3.63) is 65.9 Å². The van der Waals surface area contributed by atoms with Gasteiger partial charge in [-0.15, -0.1) is 0 Å². The number of nitrogens with zero attached hydrogens (tertiary/aromatic N) is 3. The van der Waals surface area contributed by atoms with Gasteiger partial charge in [-0.25, -0.2) is 18.7 Å². The summed E-state index contributed by atoms with van der Waals surface area (Å²) < 4.78 is 35.3. The lowest BCUT2D eigenvalue weighted by Gasteiger charge is -2.15. The number of aromatic amines is 1. The average Bonchev–Trinajstić information content (AvgIpc) is 3.50. The largest absolute Gasteiger partial charge is 0.469 e. The second kappa shape index (κ2) is 8.27. The van der Waals surface area contributed by atoms with E-state index in [-0.39, 0.29) is 12.2 Å². The lowest BCUT2D eigenvalue weighted by atomic mass is 10.00. The van der Waals surface area contributed by atoms with Crippen LogP contribution < -0.4 is 9.80 Å². The van der Waals surface area contributed by atoms with E-state index in [1.165, 1.54) is 11.0 Å². The number of nitrogens with one attached hydrogen (secondary N) is 1. The molecule has 1 amide bonds. The van der Waals surface area contributed by atoms with Gasteiger partial charge in [-0.1, -0.05) is 12.1 Å². The number of phosphoric acid groups is 1. The molecule has 10 nitrogen and oxygen atoms in total. The van der Waals surface area contributed by atoms with Crippen LogP contribution in [-0.2, 0) is 26.9 Å². The van der Waals surface area contributed by atoms with Crippen molar-refractivity contribution < 1.29 is 32.8 Å². The highest BCUT2D eigenvalue weighted by molar-refractivity contribution is 7.46. The zero-order valence-corrected chi connectivity index (χ0v) is 18.1. The number of carbonyl (C=O) groups excluding carboxylic acids is 1. The molecule has 2 aromatic carbocycles. The number of aromatic nitrogens is 2. The highest BCUT2D eigenvalue weighted by Gasteiger charge is 2.34. The Hall–Kier alpha value is -3.24. The molecule has 0 bridgehead atoms. The first-order valence-corrected chi connectivity index (χ1v) is 11.6. The van der Waals surface area contributed by atoms with E-state index >= 15 is 4.39 Å². The van der Waals surface area contributed by atoms with E-state index in [1.807, 2.05) is 18.2 Å². The number of cyclic esters (lactones) is 1. The van der Waals surface area contributed by atoms with Crippen molar-refractivity contribution in [3.8, 4) is 11.1 Å². The predicted molar refractivity (Wildman–Crippen MR) is 116 cm³/mol. The molecule has 2 aliphatic rings. The predicted octanol–water partition coefficient (Wildman–Crippen LogP) is 3.17. The number of halogens is 1. The van der Waals surface area contributed by atoms with Gasteiger partial charge in [-0.05, 0) is 41.0 Å². The third-order valence-corrected chi connectivity index (χ3v) is 6.12. The van der Waals surface area contributed by atoms with Crippen molar-refractivity contribution >= 4 is 25.4 Å². The fourth-order valence-electron chi connectivity index (χ4n) is 4.06. The van der Waals surface area contributed by atoms with Crippen molar-refractivity contribution in [2.45, 2.75) is 19.2 Å². The number of phosphoric ester groups is 1. The maximum absolute atomic E-state index is 15.0. The van der Waals surface area contributed by atoms with Gasteiger partial charge in [0.05, 0.1) is 31.4 Å². The summed E-state index contributed by atoms with van der Waals surface area (Å²) in [5.74, 6) is 0.420. The van der Waals surface area contributed by atoms with E-state index in [9.17, 15) is 9.36 Å². The first kappa shape index (κ1) is 21.6. The quantitative estimate of drug-likeness (QED) is 0.465. The average molecular weight is 474 g/mol. The third kappa shape index (κ3) is 4.49. The van der Waals surface area contributed by atoms with Crippen LogP contribution in [0.25, 0.3) is 11.1 Å². The van der Waals surface area contributed by atoms with Crippen LogP contribution in [0.15, 0.2) is 48.9 Å². The number of carbonyl (C=O) groups is 1. The van der Waals surface area contributed by atoms with E-state index in [2.05, 4.69) is 19.4 Å².